The van der Waals surface area contributed by atoms with Crippen molar-refractivity contribution in [2.75, 3.05) is 26.2 Å². The third-order valence-corrected chi connectivity index (χ3v) is 3.84. The summed E-state index contributed by atoms with van der Waals surface area (Å²) in [5.41, 5.74) is 1.14. The summed E-state index contributed by atoms with van der Waals surface area (Å²) in [6.45, 7) is 5.12. The molecule has 1 fully saturated rings. The summed E-state index contributed by atoms with van der Waals surface area (Å²) in [4.78, 5) is 14.0. The van der Waals surface area contributed by atoms with Crippen molar-refractivity contribution in [3.8, 4) is 5.75 Å². The first-order chi connectivity index (χ1) is 10.3. The zero-order chi connectivity index (χ0) is 14.9. The zero-order valence-electron chi connectivity index (χ0n) is 12.9. The monoisotopic (exact) mass is 290 g/mol. The molecule has 0 saturated carbocycles. The summed E-state index contributed by atoms with van der Waals surface area (Å²) in [6, 6.07) is 8.07. The number of likely N-dealkylation sites (tertiary alicyclic amines) is 1. The van der Waals surface area contributed by atoms with Crippen molar-refractivity contribution in [1.29, 1.82) is 0 Å². The molecule has 0 spiro atoms. The Morgan fingerprint density at radius 2 is 1.90 bits per heavy atom. The van der Waals surface area contributed by atoms with Gasteiger partial charge < -0.3 is 15.0 Å². The van der Waals surface area contributed by atoms with Crippen LogP contribution in [-0.4, -0.2) is 37.2 Å². The van der Waals surface area contributed by atoms with E-state index in [9.17, 15) is 4.79 Å². The van der Waals surface area contributed by atoms with E-state index in [0.717, 1.165) is 43.7 Å². The topological polar surface area (TPSA) is 41.6 Å². The molecule has 1 saturated heterocycles. The predicted molar refractivity (Wildman–Crippen MR) is 84.7 cm³/mol. The maximum atomic E-state index is 12.0. The Bertz CT molecular complexity index is 440. The third-order valence-electron chi connectivity index (χ3n) is 3.84. The van der Waals surface area contributed by atoms with Crippen molar-refractivity contribution in [3.63, 3.8) is 0 Å². The number of urea groups is 1. The highest BCUT2D eigenvalue weighted by atomic mass is 16.5. The molecule has 0 radical (unpaired) electrons. The van der Waals surface area contributed by atoms with Gasteiger partial charge in [-0.1, -0.05) is 31.0 Å². The molecule has 1 N–H and O–H groups in total. The molecule has 21 heavy (non-hydrogen) atoms. The van der Waals surface area contributed by atoms with E-state index < -0.39 is 0 Å². The number of aryl methyl sites for hydroxylation is 1. The maximum absolute atomic E-state index is 12.0. The molecule has 2 amide bonds. The Morgan fingerprint density at radius 1 is 1.19 bits per heavy atom. The van der Waals surface area contributed by atoms with Crippen LogP contribution in [0.3, 0.4) is 0 Å². The summed E-state index contributed by atoms with van der Waals surface area (Å²) in [5, 5.41) is 2.99. The van der Waals surface area contributed by atoms with Gasteiger partial charge in [-0.3, -0.25) is 0 Å². The van der Waals surface area contributed by atoms with Gasteiger partial charge >= 0.3 is 6.03 Å². The Balaban J connectivity index is 1.61. The van der Waals surface area contributed by atoms with Crippen LogP contribution < -0.4 is 10.1 Å². The molecule has 1 heterocycles. The predicted octanol–water partition coefficient (Wildman–Crippen LogP) is 3.35. The molecule has 1 aliphatic heterocycles. The minimum Gasteiger partial charge on any atom is -0.493 e. The van der Waals surface area contributed by atoms with Gasteiger partial charge in [0.1, 0.15) is 5.75 Å². The fourth-order valence-corrected chi connectivity index (χ4v) is 2.55. The van der Waals surface area contributed by atoms with Crippen molar-refractivity contribution in [2.24, 2.45) is 0 Å². The lowest BCUT2D eigenvalue weighted by molar-refractivity contribution is 0.198. The molecule has 4 heteroatoms. The number of benzene rings is 1. The van der Waals surface area contributed by atoms with Crippen molar-refractivity contribution >= 4 is 6.03 Å². The molecule has 0 aliphatic carbocycles. The van der Waals surface area contributed by atoms with Crippen LogP contribution in [-0.2, 0) is 0 Å². The number of carbonyl (C=O) groups is 1. The summed E-state index contributed by atoms with van der Waals surface area (Å²) < 4.78 is 5.72. The van der Waals surface area contributed by atoms with E-state index in [1.807, 2.05) is 36.1 Å². The van der Waals surface area contributed by atoms with Crippen LogP contribution >= 0.6 is 0 Å². The molecule has 0 atom stereocenters. The first-order valence-corrected chi connectivity index (χ1v) is 7.98. The van der Waals surface area contributed by atoms with Gasteiger partial charge in [0.2, 0.25) is 0 Å². The fraction of sp³-hybridized carbons (Fsp3) is 0.588. The van der Waals surface area contributed by atoms with E-state index in [-0.39, 0.29) is 6.03 Å². The van der Waals surface area contributed by atoms with Crippen molar-refractivity contribution in [3.05, 3.63) is 29.8 Å². The van der Waals surface area contributed by atoms with Crippen LogP contribution in [0.4, 0.5) is 4.79 Å². The summed E-state index contributed by atoms with van der Waals surface area (Å²) in [6.07, 6.45) is 5.57. The van der Waals surface area contributed by atoms with E-state index in [2.05, 4.69) is 5.32 Å². The van der Waals surface area contributed by atoms with Crippen LogP contribution in [0, 0.1) is 6.92 Å². The Labute approximate surface area is 127 Å². The van der Waals surface area contributed by atoms with Crippen molar-refractivity contribution < 1.29 is 9.53 Å². The SMILES string of the molecule is Cc1ccccc1OCCCNC(=O)N1CCCCCC1. The Hall–Kier alpha value is -1.71. The molecule has 0 unspecified atom stereocenters. The number of rotatable bonds is 5. The molecule has 2 rings (SSSR count). The third kappa shape index (κ3) is 5.29. The molecule has 1 aromatic rings. The lowest BCUT2D eigenvalue weighted by Gasteiger charge is -2.20. The number of amides is 2. The first kappa shape index (κ1) is 15.7. The highest BCUT2D eigenvalue weighted by Crippen LogP contribution is 2.16. The molecule has 0 bridgehead atoms. The first-order valence-electron chi connectivity index (χ1n) is 7.98. The average Bonchev–Trinajstić information content (AvgIpc) is 2.77. The standard InChI is InChI=1S/C17H26N2O2/c1-15-9-4-5-10-16(15)21-14-8-11-18-17(20)19-12-6-2-3-7-13-19/h4-5,9-10H,2-3,6-8,11-14H2,1H3,(H,18,20). The molecule has 1 aliphatic rings. The maximum Gasteiger partial charge on any atom is 0.317 e. The van der Waals surface area contributed by atoms with Gasteiger partial charge in [0, 0.05) is 19.6 Å². The highest BCUT2D eigenvalue weighted by Gasteiger charge is 2.14. The van der Waals surface area contributed by atoms with Crippen LogP contribution in [0.5, 0.6) is 5.75 Å². The van der Waals surface area contributed by atoms with Crippen LogP contribution in [0.15, 0.2) is 24.3 Å². The van der Waals surface area contributed by atoms with E-state index >= 15 is 0 Å². The summed E-state index contributed by atoms with van der Waals surface area (Å²) in [7, 11) is 0. The lowest BCUT2D eigenvalue weighted by Crippen LogP contribution is -2.41. The van der Waals surface area contributed by atoms with Gasteiger partial charge in [-0.2, -0.15) is 0 Å². The van der Waals surface area contributed by atoms with Gasteiger partial charge in [-0.05, 0) is 37.8 Å². The Kier molecular flexibility index (Phi) is 6.38. The largest absolute Gasteiger partial charge is 0.493 e. The average molecular weight is 290 g/mol. The fourth-order valence-electron chi connectivity index (χ4n) is 2.55. The second-order valence-electron chi connectivity index (χ2n) is 5.60. The number of carbonyl (C=O) groups excluding carboxylic acids is 1. The number of hydrogen-bond acceptors (Lipinski definition) is 2. The van der Waals surface area contributed by atoms with Crippen molar-refractivity contribution in [1.82, 2.24) is 10.2 Å². The van der Waals surface area contributed by atoms with Gasteiger partial charge in [-0.15, -0.1) is 0 Å². The zero-order valence-corrected chi connectivity index (χ0v) is 12.9. The van der Waals surface area contributed by atoms with Gasteiger partial charge in [0.15, 0.2) is 0 Å². The lowest BCUT2D eigenvalue weighted by atomic mass is 10.2. The summed E-state index contributed by atoms with van der Waals surface area (Å²) >= 11 is 0. The molecule has 116 valence electrons. The van der Waals surface area contributed by atoms with Crippen molar-refractivity contribution in [2.45, 2.75) is 39.0 Å². The van der Waals surface area contributed by atoms with Gasteiger partial charge in [0.25, 0.3) is 0 Å². The number of para-hydroxylation sites is 1. The molecule has 0 aromatic heterocycles. The minimum absolute atomic E-state index is 0.0767. The van der Waals surface area contributed by atoms with Crippen LogP contribution in [0.1, 0.15) is 37.7 Å². The Morgan fingerprint density at radius 3 is 2.62 bits per heavy atom. The second kappa shape index (κ2) is 8.55. The highest BCUT2D eigenvalue weighted by molar-refractivity contribution is 5.74. The van der Waals surface area contributed by atoms with E-state index in [0.29, 0.717) is 13.2 Å². The van der Waals surface area contributed by atoms with Gasteiger partial charge in [-0.25, -0.2) is 4.79 Å². The van der Waals surface area contributed by atoms with E-state index in [4.69, 9.17) is 4.74 Å². The normalized spacial score (nSPS) is 15.4. The van der Waals surface area contributed by atoms with E-state index in [1.165, 1.54) is 12.8 Å². The smallest absolute Gasteiger partial charge is 0.317 e. The number of hydrogen-bond donors (Lipinski definition) is 1. The molecular weight excluding hydrogens is 264 g/mol. The quantitative estimate of drug-likeness (QED) is 0.845. The number of nitrogens with zero attached hydrogens (tertiary/aromatic N) is 1. The van der Waals surface area contributed by atoms with Crippen LogP contribution in [0.2, 0.25) is 0 Å². The van der Waals surface area contributed by atoms with E-state index in [1.54, 1.807) is 0 Å². The molecular formula is C17H26N2O2. The summed E-state index contributed by atoms with van der Waals surface area (Å²) in [5.74, 6) is 0.927. The minimum atomic E-state index is 0.0767. The number of ether oxygens (including phenoxy) is 1. The number of nitrogens with one attached hydrogen (secondary N) is 1. The van der Waals surface area contributed by atoms with Gasteiger partial charge in [0.05, 0.1) is 6.61 Å². The second-order valence-corrected chi connectivity index (χ2v) is 5.60. The molecule has 4 nitrogen and oxygen atoms in total. The van der Waals surface area contributed by atoms with Crippen LogP contribution in [0.25, 0.3) is 0 Å². The molecule has 1 aromatic carbocycles.